The summed E-state index contributed by atoms with van der Waals surface area (Å²) in [4.78, 5) is 0. The molecule has 0 bridgehead atoms. The Hall–Kier alpha value is -0.730. The molecule has 2 N–H and O–H groups in total. The minimum absolute atomic E-state index is 0. The molecule has 1 rings (SSSR count). The summed E-state index contributed by atoms with van der Waals surface area (Å²) in [7, 11) is 0. The number of benzene rings is 1. The van der Waals surface area contributed by atoms with E-state index in [0.717, 1.165) is 31.6 Å². The number of hydrogen-bond acceptors (Lipinski definition) is 2. The van der Waals surface area contributed by atoms with E-state index in [0.29, 0.717) is 0 Å². The zero-order chi connectivity index (χ0) is 12.0. The van der Waals surface area contributed by atoms with Crippen LogP contribution in [0.25, 0.3) is 0 Å². The number of halogens is 1. The van der Waals surface area contributed by atoms with Crippen LogP contribution >= 0.6 is 12.4 Å². The SMILES string of the molecule is CCCOc1ccc(CC(C)N)cc1CC.Cl. The molecule has 0 spiro atoms. The first-order valence-electron chi connectivity index (χ1n) is 6.17. The van der Waals surface area contributed by atoms with Crippen LogP contribution in [-0.4, -0.2) is 12.6 Å². The van der Waals surface area contributed by atoms with Gasteiger partial charge in [0, 0.05) is 6.04 Å². The van der Waals surface area contributed by atoms with Crippen LogP contribution in [0.1, 0.15) is 38.3 Å². The monoisotopic (exact) mass is 257 g/mol. The van der Waals surface area contributed by atoms with E-state index in [9.17, 15) is 0 Å². The maximum Gasteiger partial charge on any atom is 0.122 e. The van der Waals surface area contributed by atoms with E-state index in [-0.39, 0.29) is 18.4 Å². The Labute approximate surface area is 111 Å². The minimum atomic E-state index is 0. The van der Waals surface area contributed by atoms with Gasteiger partial charge in [-0.2, -0.15) is 0 Å². The maximum atomic E-state index is 5.80. The molecule has 0 aliphatic heterocycles. The summed E-state index contributed by atoms with van der Waals surface area (Å²) in [5.41, 5.74) is 8.39. The lowest BCUT2D eigenvalue weighted by molar-refractivity contribution is 0.314. The Bertz CT molecular complexity index is 326. The maximum absolute atomic E-state index is 5.80. The van der Waals surface area contributed by atoms with E-state index in [1.165, 1.54) is 11.1 Å². The van der Waals surface area contributed by atoms with E-state index >= 15 is 0 Å². The van der Waals surface area contributed by atoms with Crippen molar-refractivity contribution in [3.63, 3.8) is 0 Å². The molecule has 0 radical (unpaired) electrons. The molecular weight excluding hydrogens is 234 g/mol. The summed E-state index contributed by atoms with van der Waals surface area (Å²) in [5.74, 6) is 1.03. The number of aryl methyl sites for hydroxylation is 1. The molecule has 1 aromatic carbocycles. The van der Waals surface area contributed by atoms with Gasteiger partial charge >= 0.3 is 0 Å². The zero-order valence-electron chi connectivity index (χ0n) is 11.0. The molecule has 2 nitrogen and oxygen atoms in total. The van der Waals surface area contributed by atoms with E-state index in [2.05, 4.69) is 32.0 Å². The van der Waals surface area contributed by atoms with Gasteiger partial charge in [-0.05, 0) is 43.4 Å². The highest BCUT2D eigenvalue weighted by Gasteiger charge is 2.05. The predicted molar refractivity (Wildman–Crippen MR) is 76.2 cm³/mol. The zero-order valence-corrected chi connectivity index (χ0v) is 11.8. The minimum Gasteiger partial charge on any atom is -0.493 e. The summed E-state index contributed by atoms with van der Waals surface area (Å²) in [6.07, 6.45) is 2.98. The molecule has 0 fully saturated rings. The molecule has 0 saturated carbocycles. The molecule has 0 aliphatic rings. The molecule has 0 aromatic heterocycles. The number of nitrogens with two attached hydrogens (primary N) is 1. The fourth-order valence-electron chi connectivity index (χ4n) is 1.76. The molecule has 0 saturated heterocycles. The first kappa shape index (κ1) is 16.3. The van der Waals surface area contributed by atoms with Crippen LogP contribution in [0.2, 0.25) is 0 Å². The number of hydrogen-bond donors (Lipinski definition) is 1. The van der Waals surface area contributed by atoms with Crippen molar-refractivity contribution >= 4 is 12.4 Å². The smallest absolute Gasteiger partial charge is 0.122 e. The topological polar surface area (TPSA) is 35.2 Å². The predicted octanol–water partition coefficient (Wildman–Crippen LogP) is 3.35. The summed E-state index contributed by atoms with van der Waals surface area (Å²) in [6.45, 7) is 7.10. The van der Waals surface area contributed by atoms with Crippen molar-refractivity contribution in [2.75, 3.05) is 6.61 Å². The Kier molecular flexibility index (Phi) is 8.01. The second-order valence-electron chi connectivity index (χ2n) is 4.33. The van der Waals surface area contributed by atoms with Gasteiger partial charge in [-0.15, -0.1) is 12.4 Å². The van der Waals surface area contributed by atoms with Crippen LogP contribution in [0.3, 0.4) is 0 Å². The van der Waals surface area contributed by atoms with Crippen molar-refractivity contribution in [3.05, 3.63) is 29.3 Å². The molecule has 98 valence electrons. The lowest BCUT2D eigenvalue weighted by atomic mass is 10.0. The molecule has 1 unspecified atom stereocenters. The molecule has 0 aliphatic carbocycles. The average molecular weight is 258 g/mol. The van der Waals surface area contributed by atoms with Crippen molar-refractivity contribution in [2.24, 2.45) is 5.73 Å². The van der Waals surface area contributed by atoms with Crippen molar-refractivity contribution in [1.29, 1.82) is 0 Å². The quantitative estimate of drug-likeness (QED) is 0.848. The third-order valence-corrected chi connectivity index (χ3v) is 2.53. The van der Waals surface area contributed by atoms with Gasteiger partial charge in [0.1, 0.15) is 5.75 Å². The summed E-state index contributed by atoms with van der Waals surface area (Å²) < 4.78 is 5.71. The van der Waals surface area contributed by atoms with E-state index in [1.807, 2.05) is 6.92 Å². The normalized spacial score (nSPS) is 11.8. The number of ether oxygens (including phenoxy) is 1. The van der Waals surface area contributed by atoms with Crippen LogP contribution in [0, 0.1) is 0 Å². The fourth-order valence-corrected chi connectivity index (χ4v) is 1.76. The van der Waals surface area contributed by atoms with Crippen molar-refractivity contribution in [3.8, 4) is 5.75 Å². The standard InChI is InChI=1S/C14H23NO.ClH/c1-4-8-16-14-7-6-12(9-11(3)15)10-13(14)5-2;/h6-7,10-11H,4-5,8-9,15H2,1-3H3;1H. The second-order valence-corrected chi connectivity index (χ2v) is 4.33. The molecule has 0 heterocycles. The van der Waals surface area contributed by atoms with E-state index in [4.69, 9.17) is 10.5 Å². The van der Waals surface area contributed by atoms with Crippen molar-refractivity contribution in [1.82, 2.24) is 0 Å². The Balaban J connectivity index is 0.00000256. The van der Waals surface area contributed by atoms with Crippen molar-refractivity contribution < 1.29 is 4.74 Å². The molecule has 0 amide bonds. The van der Waals surface area contributed by atoms with Gasteiger partial charge in [0.05, 0.1) is 6.61 Å². The van der Waals surface area contributed by atoms with Gasteiger partial charge < -0.3 is 10.5 Å². The van der Waals surface area contributed by atoms with Crippen LogP contribution in [-0.2, 0) is 12.8 Å². The van der Waals surface area contributed by atoms with E-state index in [1.54, 1.807) is 0 Å². The fraction of sp³-hybridized carbons (Fsp3) is 0.571. The highest BCUT2D eigenvalue weighted by molar-refractivity contribution is 5.85. The van der Waals surface area contributed by atoms with Gasteiger partial charge in [-0.3, -0.25) is 0 Å². The first-order valence-corrected chi connectivity index (χ1v) is 6.17. The van der Waals surface area contributed by atoms with Crippen LogP contribution in [0.5, 0.6) is 5.75 Å². The largest absolute Gasteiger partial charge is 0.493 e. The lowest BCUT2D eigenvalue weighted by Crippen LogP contribution is -2.17. The highest BCUT2D eigenvalue weighted by atomic mass is 35.5. The van der Waals surface area contributed by atoms with Gasteiger partial charge in [0.25, 0.3) is 0 Å². The Morgan fingerprint density at radius 3 is 2.53 bits per heavy atom. The molecule has 1 atom stereocenters. The molecule has 1 aromatic rings. The summed E-state index contributed by atoms with van der Waals surface area (Å²) in [5, 5.41) is 0. The Morgan fingerprint density at radius 1 is 1.29 bits per heavy atom. The lowest BCUT2D eigenvalue weighted by Gasteiger charge is -2.12. The Morgan fingerprint density at radius 2 is 2.00 bits per heavy atom. The van der Waals surface area contributed by atoms with Gasteiger partial charge in [0.15, 0.2) is 0 Å². The van der Waals surface area contributed by atoms with E-state index < -0.39 is 0 Å². The van der Waals surface area contributed by atoms with Gasteiger partial charge in [0.2, 0.25) is 0 Å². The summed E-state index contributed by atoms with van der Waals surface area (Å²) >= 11 is 0. The molecule has 17 heavy (non-hydrogen) atoms. The van der Waals surface area contributed by atoms with Crippen LogP contribution < -0.4 is 10.5 Å². The average Bonchev–Trinajstić information content (AvgIpc) is 2.26. The van der Waals surface area contributed by atoms with Gasteiger partial charge in [-0.25, -0.2) is 0 Å². The molecule has 3 heteroatoms. The molecular formula is C14H24ClNO. The van der Waals surface area contributed by atoms with Gasteiger partial charge in [-0.1, -0.05) is 26.0 Å². The third-order valence-electron chi connectivity index (χ3n) is 2.53. The second kappa shape index (κ2) is 8.37. The number of rotatable bonds is 6. The third kappa shape index (κ3) is 5.42. The summed E-state index contributed by atoms with van der Waals surface area (Å²) in [6, 6.07) is 6.63. The highest BCUT2D eigenvalue weighted by Crippen LogP contribution is 2.21. The van der Waals surface area contributed by atoms with Crippen LogP contribution in [0.15, 0.2) is 18.2 Å². The van der Waals surface area contributed by atoms with Crippen LogP contribution in [0.4, 0.5) is 0 Å². The van der Waals surface area contributed by atoms with Crippen molar-refractivity contribution in [2.45, 2.75) is 46.1 Å². The first-order chi connectivity index (χ1) is 7.67.